The van der Waals surface area contributed by atoms with Crippen LogP contribution in [0.15, 0.2) is 40.9 Å². The Balaban J connectivity index is 1.77. The van der Waals surface area contributed by atoms with Crippen molar-refractivity contribution in [1.82, 2.24) is 15.0 Å². The van der Waals surface area contributed by atoms with Crippen LogP contribution in [0.2, 0.25) is 0 Å². The van der Waals surface area contributed by atoms with Gasteiger partial charge in [-0.3, -0.25) is 4.90 Å². The van der Waals surface area contributed by atoms with Gasteiger partial charge in [-0.2, -0.15) is 0 Å². The van der Waals surface area contributed by atoms with Crippen LogP contribution in [-0.2, 0) is 13.1 Å². The molecule has 0 saturated carbocycles. The molecule has 1 saturated heterocycles. The molecule has 0 unspecified atom stereocenters. The summed E-state index contributed by atoms with van der Waals surface area (Å²) in [7, 11) is 2.08. The van der Waals surface area contributed by atoms with Crippen LogP contribution in [0.3, 0.4) is 0 Å². The third-order valence-electron chi connectivity index (χ3n) is 4.69. The fourth-order valence-corrected chi connectivity index (χ4v) is 3.48. The Morgan fingerprint density at radius 3 is 2.79 bits per heavy atom. The molecule has 0 radical (unpaired) electrons. The van der Waals surface area contributed by atoms with Crippen LogP contribution in [-0.4, -0.2) is 52.3 Å². The minimum atomic E-state index is -0.280. The first-order chi connectivity index (χ1) is 11.6. The lowest BCUT2D eigenvalue weighted by Gasteiger charge is -2.31. The number of likely N-dealkylation sites (tertiary alicyclic amines) is 1. The molecule has 2 heterocycles. The lowest BCUT2D eigenvalue weighted by atomic mass is 10.0. The third-order valence-corrected chi connectivity index (χ3v) is 4.69. The maximum atomic E-state index is 10.3. The Hall–Kier alpha value is -1.69. The SMILES string of the molecule is Cc1cc(CN(Cc2ccccc2)[C@H]2CCN(C)C[C@@H](O)C2)on1. The molecule has 1 fully saturated rings. The van der Waals surface area contributed by atoms with E-state index in [1.54, 1.807) is 0 Å². The molecule has 2 atom stereocenters. The van der Waals surface area contributed by atoms with Gasteiger partial charge in [0.1, 0.15) is 0 Å². The number of nitrogens with zero attached hydrogens (tertiary/aromatic N) is 3. The molecule has 5 heteroatoms. The Bertz CT molecular complexity index is 629. The molecule has 1 aliphatic rings. The Kier molecular flexibility index (Phi) is 5.66. The van der Waals surface area contributed by atoms with Gasteiger partial charge in [-0.1, -0.05) is 35.5 Å². The van der Waals surface area contributed by atoms with Crippen molar-refractivity contribution < 1.29 is 9.63 Å². The lowest BCUT2D eigenvalue weighted by molar-refractivity contribution is 0.0893. The molecule has 130 valence electrons. The fraction of sp³-hybridized carbons (Fsp3) is 0.526. The number of likely N-dealkylation sites (N-methyl/N-ethyl adjacent to an activating group) is 1. The van der Waals surface area contributed by atoms with E-state index in [1.807, 2.05) is 19.1 Å². The van der Waals surface area contributed by atoms with Crippen LogP contribution in [0.1, 0.15) is 29.9 Å². The van der Waals surface area contributed by atoms with Crippen LogP contribution in [0.4, 0.5) is 0 Å². The van der Waals surface area contributed by atoms with Crippen molar-refractivity contribution in [2.75, 3.05) is 20.1 Å². The van der Waals surface area contributed by atoms with Crippen LogP contribution < -0.4 is 0 Å². The predicted octanol–water partition coefficient (Wildman–Crippen LogP) is 2.44. The zero-order valence-corrected chi connectivity index (χ0v) is 14.6. The summed E-state index contributed by atoms with van der Waals surface area (Å²) in [5, 5.41) is 14.3. The smallest absolute Gasteiger partial charge is 0.150 e. The normalized spacial score (nSPS) is 22.7. The number of hydrogen-bond donors (Lipinski definition) is 1. The van der Waals surface area contributed by atoms with E-state index in [1.165, 1.54) is 5.56 Å². The van der Waals surface area contributed by atoms with Crippen LogP contribution in [0, 0.1) is 6.92 Å². The van der Waals surface area contributed by atoms with Gasteiger partial charge in [0.25, 0.3) is 0 Å². The molecule has 0 spiro atoms. The van der Waals surface area contributed by atoms with Crippen LogP contribution in [0.5, 0.6) is 0 Å². The Morgan fingerprint density at radius 1 is 1.29 bits per heavy atom. The second-order valence-electron chi connectivity index (χ2n) is 6.92. The number of hydrogen-bond acceptors (Lipinski definition) is 5. The summed E-state index contributed by atoms with van der Waals surface area (Å²) >= 11 is 0. The summed E-state index contributed by atoms with van der Waals surface area (Å²) in [5.74, 6) is 0.885. The zero-order chi connectivity index (χ0) is 16.9. The van der Waals surface area contributed by atoms with E-state index in [2.05, 4.69) is 46.3 Å². The molecule has 3 rings (SSSR count). The molecule has 1 aliphatic heterocycles. The number of rotatable bonds is 5. The number of aliphatic hydroxyl groups excluding tert-OH is 1. The van der Waals surface area contributed by atoms with E-state index >= 15 is 0 Å². The molecule has 24 heavy (non-hydrogen) atoms. The van der Waals surface area contributed by atoms with Gasteiger partial charge in [0.15, 0.2) is 5.76 Å². The molecular weight excluding hydrogens is 302 g/mol. The number of β-amino-alcohol motifs (C(OH)–C–C–N with tert-alkyl or cyclic N) is 1. The summed E-state index contributed by atoms with van der Waals surface area (Å²) in [6.45, 7) is 5.26. The first kappa shape index (κ1) is 17.1. The van der Waals surface area contributed by atoms with Gasteiger partial charge in [-0.05, 0) is 38.9 Å². The summed E-state index contributed by atoms with van der Waals surface area (Å²) < 4.78 is 5.44. The molecule has 2 aromatic rings. The molecule has 0 amide bonds. The first-order valence-electron chi connectivity index (χ1n) is 8.67. The number of aryl methyl sites for hydroxylation is 1. The molecule has 0 bridgehead atoms. The monoisotopic (exact) mass is 329 g/mol. The van der Waals surface area contributed by atoms with Crippen LogP contribution >= 0.6 is 0 Å². The minimum absolute atomic E-state index is 0.280. The van der Waals surface area contributed by atoms with Crippen molar-refractivity contribution in [1.29, 1.82) is 0 Å². The van der Waals surface area contributed by atoms with Crippen molar-refractivity contribution in [2.45, 2.75) is 45.0 Å². The van der Waals surface area contributed by atoms with E-state index in [0.717, 1.165) is 50.5 Å². The first-order valence-corrected chi connectivity index (χ1v) is 8.67. The topological polar surface area (TPSA) is 52.7 Å². The molecule has 0 aliphatic carbocycles. The van der Waals surface area contributed by atoms with Crippen molar-refractivity contribution in [3.05, 3.63) is 53.4 Å². The van der Waals surface area contributed by atoms with E-state index in [9.17, 15) is 5.11 Å². The van der Waals surface area contributed by atoms with Gasteiger partial charge in [0, 0.05) is 25.2 Å². The van der Waals surface area contributed by atoms with Crippen molar-refractivity contribution in [2.24, 2.45) is 0 Å². The summed E-state index contributed by atoms with van der Waals surface area (Å²) in [5.41, 5.74) is 2.19. The highest BCUT2D eigenvalue weighted by molar-refractivity contribution is 5.15. The second kappa shape index (κ2) is 7.92. The van der Waals surface area contributed by atoms with Gasteiger partial charge in [-0.25, -0.2) is 0 Å². The molecule has 1 aromatic heterocycles. The van der Waals surface area contributed by atoms with Gasteiger partial charge in [0.2, 0.25) is 0 Å². The maximum Gasteiger partial charge on any atom is 0.150 e. The number of aliphatic hydroxyl groups is 1. The second-order valence-corrected chi connectivity index (χ2v) is 6.92. The van der Waals surface area contributed by atoms with E-state index in [-0.39, 0.29) is 6.10 Å². The zero-order valence-electron chi connectivity index (χ0n) is 14.6. The molecule has 5 nitrogen and oxygen atoms in total. The standard InChI is InChI=1S/C19H27N3O2/c1-15-10-19(24-20-15)14-22(12-16-6-4-3-5-7-16)17-8-9-21(2)13-18(23)11-17/h3-7,10,17-18,23H,8-9,11-14H2,1-2H3/t17-,18-/m0/s1. The minimum Gasteiger partial charge on any atom is -0.392 e. The van der Waals surface area contributed by atoms with Crippen molar-refractivity contribution >= 4 is 0 Å². The number of aromatic nitrogens is 1. The van der Waals surface area contributed by atoms with Crippen molar-refractivity contribution in [3.8, 4) is 0 Å². The summed E-state index contributed by atoms with van der Waals surface area (Å²) in [6.07, 6.45) is 1.56. The van der Waals surface area contributed by atoms with Gasteiger partial charge >= 0.3 is 0 Å². The van der Waals surface area contributed by atoms with Gasteiger partial charge < -0.3 is 14.5 Å². The van der Waals surface area contributed by atoms with Gasteiger partial charge in [0.05, 0.1) is 18.3 Å². The summed E-state index contributed by atoms with van der Waals surface area (Å²) in [4.78, 5) is 4.63. The molecular formula is C19H27N3O2. The van der Waals surface area contributed by atoms with E-state index in [4.69, 9.17) is 4.52 Å². The lowest BCUT2D eigenvalue weighted by Crippen LogP contribution is -2.36. The maximum absolute atomic E-state index is 10.3. The Morgan fingerprint density at radius 2 is 2.08 bits per heavy atom. The summed E-state index contributed by atoms with van der Waals surface area (Å²) in [6, 6.07) is 12.8. The fourth-order valence-electron chi connectivity index (χ4n) is 3.48. The Labute approximate surface area is 143 Å². The third kappa shape index (κ3) is 4.66. The van der Waals surface area contributed by atoms with Crippen molar-refractivity contribution in [3.63, 3.8) is 0 Å². The average molecular weight is 329 g/mol. The van der Waals surface area contributed by atoms with Crippen LogP contribution in [0.25, 0.3) is 0 Å². The molecule has 1 N–H and O–H groups in total. The highest BCUT2D eigenvalue weighted by Gasteiger charge is 2.27. The van der Waals surface area contributed by atoms with Gasteiger partial charge in [-0.15, -0.1) is 0 Å². The highest BCUT2D eigenvalue weighted by atomic mass is 16.5. The number of benzene rings is 1. The van der Waals surface area contributed by atoms with E-state index in [0.29, 0.717) is 6.04 Å². The van der Waals surface area contributed by atoms with E-state index < -0.39 is 0 Å². The highest BCUT2D eigenvalue weighted by Crippen LogP contribution is 2.22. The largest absolute Gasteiger partial charge is 0.392 e. The quantitative estimate of drug-likeness (QED) is 0.913. The predicted molar refractivity (Wildman–Crippen MR) is 93.5 cm³/mol. The average Bonchev–Trinajstić information content (AvgIpc) is 2.88. The molecule has 1 aromatic carbocycles.